The SMILES string of the molecule is C=C(C=Cc1ccccc1)C(=O)OCCCC.C=CC(=O)OC. The van der Waals surface area contributed by atoms with E-state index < -0.39 is 5.97 Å². The average Bonchev–Trinajstić information content (AvgIpc) is 2.60. The van der Waals surface area contributed by atoms with Gasteiger partial charge in [-0.05, 0) is 18.1 Å². The van der Waals surface area contributed by atoms with Gasteiger partial charge in [-0.2, -0.15) is 0 Å². The van der Waals surface area contributed by atoms with Crippen LogP contribution >= 0.6 is 0 Å². The predicted molar refractivity (Wildman–Crippen MR) is 92.7 cm³/mol. The molecule has 0 aliphatic rings. The molecule has 0 saturated carbocycles. The minimum Gasteiger partial charge on any atom is -0.466 e. The van der Waals surface area contributed by atoms with Crippen molar-refractivity contribution in [2.24, 2.45) is 0 Å². The van der Waals surface area contributed by atoms with Crippen LogP contribution in [0, 0.1) is 0 Å². The van der Waals surface area contributed by atoms with Gasteiger partial charge in [0.2, 0.25) is 0 Å². The Labute approximate surface area is 138 Å². The fourth-order valence-corrected chi connectivity index (χ4v) is 1.31. The van der Waals surface area contributed by atoms with Gasteiger partial charge in [0.15, 0.2) is 0 Å². The van der Waals surface area contributed by atoms with Crippen molar-refractivity contribution in [1.82, 2.24) is 0 Å². The Balaban J connectivity index is 0.000000688. The largest absolute Gasteiger partial charge is 0.466 e. The molecule has 0 N–H and O–H groups in total. The molecule has 0 fully saturated rings. The summed E-state index contributed by atoms with van der Waals surface area (Å²) in [6.45, 7) is 9.36. The highest BCUT2D eigenvalue weighted by molar-refractivity contribution is 5.92. The Morgan fingerprint density at radius 3 is 2.35 bits per heavy atom. The number of esters is 2. The van der Waals surface area contributed by atoms with Gasteiger partial charge in [-0.25, -0.2) is 9.59 Å². The van der Waals surface area contributed by atoms with E-state index in [1.54, 1.807) is 6.08 Å². The van der Waals surface area contributed by atoms with Crippen LogP contribution in [0.15, 0.2) is 61.2 Å². The Bertz CT molecular complexity index is 530. The molecular weight excluding hydrogens is 292 g/mol. The first-order valence-electron chi connectivity index (χ1n) is 7.34. The van der Waals surface area contributed by atoms with E-state index in [4.69, 9.17) is 4.74 Å². The van der Waals surface area contributed by atoms with Crippen LogP contribution in [0.1, 0.15) is 25.3 Å². The number of hydrogen-bond donors (Lipinski definition) is 0. The van der Waals surface area contributed by atoms with Crippen LogP contribution in [0.5, 0.6) is 0 Å². The number of carbonyl (C=O) groups is 2. The van der Waals surface area contributed by atoms with Crippen molar-refractivity contribution < 1.29 is 19.1 Å². The van der Waals surface area contributed by atoms with Crippen LogP contribution in [-0.2, 0) is 19.1 Å². The lowest BCUT2D eigenvalue weighted by molar-refractivity contribution is -0.138. The number of unbranched alkanes of at least 4 members (excludes halogenated alkanes) is 1. The summed E-state index contributed by atoms with van der Waals surface area (Å²) in [6.07, 6.45) is 6.55. The number of benzene rings is 1. The molecule has 0 bridgehead atoms. The molecule has 0 aliphatic carbocycles. The number of hydrogen-bond acceptors (Lipinski definition) is 4. The molecule has 4 nitrogen and oxygen atoms in total. The molecule has 0 unspecified atom stereocenters. The number of rotatable bonds is 7. The van der Waals surface area contributed by atoms with E-state index in [1.807, 2.05) is 36.4 Å². The van der Waals surface area contributed by atoms with E-state index in [0.717, 1.165) is 24.5 Å². The number of ether oxygens (including phenoxy) is 2. The zero-order valence-electron chi connectivity index (χ0n) is 13.8. The van der Waals surface area contributed by atoms with E-state index in [2.05, 4.69) is 24.8 Å². The minimum atomic E-state index is -0.394. The smallest absolute Gasteiger partial charge is 0.337 e. The highest BCUT2D eigenvalue weighted by atomic mass is 16.5. The first-order chi connectivity index (χ1) is 11.0. The monoisotopic (exact) mass is 316 g/mol. The second-order valence-electron chi connectivity index (χ2n) is 4.49. The van der Waals surface area contributed by atoms with E-state index in [-0.39, 0.29) is 5.97 Å². The van der Waals surface area contributed by atoms with Gasteiger partial charge in [0, 0.05) is 6.08 Å². The van der Waals surface area contributed by atoms with Crippen molar-refractivity contribution in [1.29, 1.82) is 0 Å². The molecule has 0 aromatic heterocycles. The van der Waals surface area contributed by atoms with Crippen LogP contribution in [0.2, 0.25) is 0 Å². The third-order valence-corrected chi connectivity index (χ3v) is 2.64. The molecule has 124 valence electrons. The van der Waals surface area contributed by atoms with E-state index in [0.29, 0.717) is 12.2 Å². The van der Waals surface area contributed by atoms with Crippen LogP contribution in [0.4, 0.5) is 0 Å². The first kappa shape index (κ1) is 20.4. The van der Waals surface area contributed by atoms with Gasteiger partial charge in [-0.1, -0.05) is 62.9 Å². The van der Waals surface area contributed by atoms with Crippen LogP contribution in [-0.4, -0.2) is 25.7 Å². The van der Waals surface area contributed by atoms with Crippen LogP contribution in [0.3, 0.4) is 0 Å². The summed E-state index contributed by atoms with van der Waals surface area (Å²) >= 11 is 0. The summed E-state index contributed by atoms with van der Waals surface area (Å²) in [5.41, 5.74) is 1.42. The molecular formula is C19H24O4. The molecule has 1 rings (SSSR count). The van der Waals surface area contributed by atoms with E-state index in [9.17, 15) is 9.59 Å². The zero-order valence-corrected chi connectivity index (χ0v) is 13.8. The van der Waals surface area contributed by atoms with E-state index >= 15 is 0 Å². The van der Waals surface area contributed by atoms with Gasteiger partial charge in [-0.15, -0.1) is 0 Å². The van der Waals surface area contributed by atoms with Gasteiger partial charge >= 0.3 is 11.9 Å². The summed E-state index contributed by atoms with van der Waals surface area (Å²) in [6, 6.07) is 9.77. The maximum Gasteiger partial charge on any atom is 0.337 e. The van der Waals surface area contributed by atoms with Crippen LogP contribution in [0.25, 0.3) is 6.08 Å². The fourth-order valence-electron chi connectivity index (χ4n) is 1.31. The maximum absolute atomic E-state index is 11.5. The highest BCUT2D eigenvalue weighted by Gasteiger charge is 2.03. The quantitative estimate of drug-likeness (QED) is 0.331. The van der Waals surface area contributed by atoms with Gasteiger partial charge < -0.3 is 9.47 Å². The predicted octanol–water partition coefficient (Wildman–Crippen LogP) is 3.94. The summed E-state index contributed by atoms with van der Waals surface area (Å²) in [4.78, 5) is 21.3. The lowest BCUT2D eigenvalue weighted by Gasteiger charge is -2.02. The number of methoxy groups -OCH3 is 1. The summed E-state index contributed by atoms with van der Waals surface area (Å²) in [7, 11) is 1.31. The van der Waals surface area contributed by atoms with Crippen molar-refractivity contribution in [2.45, 2.75) is 19.8 Å². The van der Waals surface area contributed by atoms with Crippen LogP contribution < -0.4 is 0 Å². The van der Waals surface area contributed by atoms with Crippen molar-refractivity contribution in [3.63, 3.8) is 0 Å². The zero-order chi connectivity index (χ0) is 17.5. The van der Waals surface area contributed by atoms with Gasteiger partial charge in [0.25, 0.3) is 0 Å². The van der Waals surface area contributed by atoms with Crippen molar-refractivity contribution >= 4 is 18.0 Å². The van der Waals surface area contributed by atoms with Crippen molar-refractivity contribution in [2.75, 3.05) is 13.7 Å². The van der Waals surface area contributed by atoms with E-state index in [1.165, 1.54) is 7.11 Å². The lowest BCUT2D eigenvalue weighted by atomic mass is 10.2. The topological polar surface area (TPSA) is 52.6 Å². The summed E-state index contributed by atoms with van der Waals surface area (Å²) in [5, 5.41) is 0. The minimum absolute atomic E-state index is 0.342. The molecule has 0 spiro atoms. The van der Waals surface area contributed by atoms with Gasteiger partial charge in [0.05, 0.1) is 19.3 Å². The molecule has 0 heterocycles. The molecule has 0 atom stereocenters. The Morgan fingerprint density at radius 1 is 1.22 bits per heavy atom. The van der Waals surface area contributed by atoms with Crippen molar-refractivity contribution in [3.05, 3.63) is 66.8 Å². The first-order valence-corrected chi connectivity index (χ1v) is 7.34. The second kappa shape index (κ2) is 13.1. The standard InChI is InChI=1S/C15H18O2.C4H6O2/c1-3-4-12-17-15(16)13(2)10-11-14-8-6-5-7-9-14;1-3-4(5)6-2/h5-11H,2-4,12H2,1H3;3H,1H2,2H3. The summed E-state index contributed by atoms with van der Waals surface area (Å²) < 4.78 is 9.19. The lowest BCUT2D eigenvalue weighted by Crippen LogP contribution is -2.06. The molecule has 0 saturated heterocycles. The van der Waals surface area contributed by atoms with Crippen molar-refractivity contribution in [3.8, 4) is 0 Å². The molecule has 0 amide bonds. The van der Waals surface area contributed by atoms with Gasteiger partial charge in [-0.3, -0.25) is 0 Å². The Morgan fingerprint density at radius 2 is 1.87 bits per heavy atom. The molecule has 1 aromatic rings. The molecule has 4 heteroatoms. The fraction of sp³-hybridized carbons (Fsp3) is 0.263. The Hall–Kier alpha value is -2.62. The maximum atomic E-state index is 11.5. The normalized spacial score (nSPS) is 9.48. The average molecular weight is 316 g/mol. The van der Waals surface area contributed by atoms with Gasteiger partial charge in [0.1, 0.15) is 0 Å². The molecule has 0 aliphatic heterocycles. The molecule has 23 heavy (non-hydrogen) atoms. The molecule has 0 radical (unpaired) electrons. The Kier molecular flexibility index (Phi) is 11.6. The third kappa shape index (κ3) is 10.7. The third-order valence-electron chi connectivity index (χ3n) is 2.64. The molecule has 1 aromatic carbocycles. The highest BCUT2D eigenvalue weighted by Crippen LogP contribution is 2.05. The summed E-state index contributed by atoms with van der Waals surface area (Å²) in [5.74, 6) is -0.736. The number of carbonyl (C=O) groups excluding carboxylic acids is 2. The second-order valence-corrected chi connectivity index (χ2v) is 4.49.